The Bertz CT molecular complexity index is 1310. The summed E-state index contributed by atoms with van der Waals surface area (Å²) in [5.41, 5.74) is 5.31. The van der Waals surface area contributed by atoms with Gasteiger partial charge in [-0.15, -0.1) is 0 Å². The Morgan fingerprint density at radius 2 is 1.79 bits per heavy atom. The molecule has 6 rings (SSSR count). The van der Waals surface area contributed by atoms with E-state index in [1.54, 1.807) is 0 Å². The highest BCUT2D eigenvalue weighted by Crippen LogP contribution is 2.49. The Kier molecular flexibility index (Phi) is 6.73. The summed E-state index contributed by atoms with van der Waals surface area (Å²) in [6.45, 7) is 10.6. The first-order valence-corrected chi connectivity index (χ1v) is 16.6. The van der Waals surface area contributed by atoms with Gasteiger partial charge in [-0.2, -0.15) is 0 Å². The first-order valence-electron chi connectivity index (χ1n) is 14.0. The minimum Gasteiger partial charge on any atom is -0.407 e. The van der Waals surface area contributed by atoms with E-state index in [4.69, 9.17) is 18.6 Å². The fourth-order valence-corrected chi connectivity index (χ4v) is 9.22. The van der Waals surface area contributed by atoms with E-state index in [0.29, 0.717) is 11.3 Å². The lowest BCUT2D eigenvalue weighted by molar-refractivity contribution is -0.206. The van der Waals surface area contributed by atoms with Crippen molar-refractivity contribution in [2.75, 3.05) is 0 Å². The first-order chi connectivity index (χ1) is 18.3. The summed E-state index contributed by atoms with van der Waals surface area (Å²) < 4.78 is 29.2. The minimum atomic E-state index is -2.00. The monoisotopic (exact) mass is 537 g/mol. The van der Waals surface area contributed by atoms with Crippen molar-refractivity contribution in [2.24, 2.45) is 0 Å². The third kappa shape index (κ3) is 4.24. The molecule has 2 aromatic heterocycles. The lowest BCUT2D eigenvalue weighted by atomic mass is 9.85. The molecule has 9 heteroatoms. The Hall–Kier alpha value is -2.14. The number of benzene rings is 1. The van der Waals surface area contributed by atoms with Gasteiger partial charge in [-0.3, -0.25) is 0 Å². The number of aryl methyl sites for hydroxylation is 2. The molecular formula is C29H39N3O5Si. The van der Waals surface area contributed by atoms with Crippen molar-refractivity contribution in [3.63, 3.8) is 0 Å². The topological polar surface area (TPSA) is 87.9 Å². The van der Waals surface area contributed by atoms with E-state index in [1.165, 1.54) is 17.5 Å². The van der Waals surface area contributed by atoms with E-state index in [-0.39, 0.29) is 31.0 Å². The quantitative estimate of drug-likeness (QED) is 0.375. The number of rotatable bonds is 9. The highest BCUT2D eigenvalue weighted by Gasteiger charge is 2.59. The average Bonchev–Trinajstić information content (AvgIpc) is 3.57. The van der Waals surface area contributed by atoms with E-state index in [2.05, 4.69) is 48.9 Å². The Morgan fingerprint density at radius 3 is 2.45 bits per heavy atom. The predicted octanol–water partition coefficient (Wildman–Crippen LogP) is 5.20. The fraction of sp³-hybridized carbons (Fsp3) is 0.586. The van der Waals surface area contributed by atoms with Crippen molar-refractivity contribution < 1.29 is 23.7 Å². The Balaban J connectivity index is 1.43. The van der Waals surface area contributed by atoms with Crippen LogP contribution in [0.2, 0.25) is 18.1 Å². The fourth-order valence-electron chi connectivity index (χ4n) is 6.42. The van der Waals surface area contributed by atoms with Crippen molar-refractivity contribution in [1.29, 1.82) is 0 Å². The second kappa shape index (κ2) is 9.80. The van der Waals surface area contributed by atoms with Crippen LogP contribution in [0.3, 0.4) is 0 Å². The molecule has 3 aromatic rings. The van der Waals surface area contributed by atoms with Gasteiger partial charge in [0.15, 0.2) is 20.3 Å². The summed E-state index contributed by atoms with van der Waals surface area (Å²) in [6, 6.07) is 11.9. The molecule has 1 aromatic carbocycles. The smallest absolute Gasteiger partial charge is 0.193 e. The molecule has 8 nitrogen and oxygen atoms in total. The van der Waals surface area contributed by atoms with E-state index in [9.17, 15) is 5.11 Å². The number of aromatic nitrogens is 3. The van der Waals surface area contributed by atoms with Gasteiger partial charge in [-0.25, -0.2) is 9.97 Å². The molecule has 0 bridgehead atoms. The molecule has 2 fully saturated rings. The lowest BCUT2D eigenvalue weighted by Crippen LogP contribution is -2.43. The van der Waals surface area contributed by atoms with Crippen molar-refractivity contribution >= 4 is 19.4 Å². The standard InChI is InChI=1S/C29H39N3O5Si/c1-6-38(7-2,8-3)37-23(20-12-10-18-9-11-19(18)15-20)24-25-26(36-29(4,5)35-25)28(34-24)32-14-13-21-22(16-33)30-17-31-27(21)32/h10,12-15,17,23-26,28,33H,6-9,11,16H2,1-5H3/t23?,24-,25-,26-,28-/m1/s1. The summed E-state index contributed by atoms with van der Waals surface area (Å²) >= 11 is 0. The molecular weight excluding hydrogens is 498 g/mol. The summed E-state index contributed by atoms with van der Waals surface area (Å²) in [4.78, 5) is 8.78. The van der Waals surface area contributed by atoms with E-state index in [1.807, 2.05) is 30.7 Å². The molecule has 5 atom stereocenters. The van der Waals surface area contributed by atoms with Gasteiger partial charge in [0, 0.05) is 11.6 Å². The zero-order chi connectivity index (χ0) is 26.7. The zero-order valence-corrected chi connectivity index (χ0v) is 24.0. The van der Waals surface area contributed by atoms with E-state index in [0.717, 1.165) is 41.9 Å². The zero-order valence-electron chi connectivity index (χ0n) is 23.0. The molecule has 2 aliphatic heterocycles. The van der Waals surface area contributed by atoms with Crippen LogP contribution >= 0.6 is 0 Å². The van der Waals surface area contributed by atoms with Crippen LogP contribution in [-0.2, 0) is 38.1 Å². The molecule has 0 saturated carbocycles. The van der Waals surface area contributed by atoms with Gasteiger partial charge < -0.3 is 28.3 Å². The summed E-state index contributed by atoms with van der Waals surface area (Å²) in [5, 5.41) is 10.6. The molecule has 2 saturated heterocycles. The van der Waals surface area contributed by atoms with Crippen molar-refractivity contribution in [1.82, 2.24) is 14.5 Å². The van der Waals surface area contributed by atoms with Crippen LogP contribution in [0.25, 0.3) is 11.0 Å². The second-order valence-electron chi connectivity index (χ2n) is 11.3. The van der Waals surface area contributed by atoms with Gasteiger partial charge in [0.05, 0.1) is 18.4 Å². The second-order valence-corrected chi connectivity index (χ2v) is 16.0. The van der Waals surface area contributed by atoms with Gasteiger partial charge in [0.2, 0.25) is 0 Å². The molecule has 38 heavy (non-hydrogen) atoms. The van der Waals surface area contributed by atoms with Crippen molar-refractivity contribution in [3.8, 4) is 0 Å². The summed E-state index contributed by atoms with van der Waals surface area (Å²) in [6.07, 6.45) is 3.99. The maximum absolute atomic E-state index is 9.81. The molecule has 3 aliphatic rings. The van der Waals surface area contributed by atoms with E-state index >= 15 is 0 Å². The Morgan fingerprint density at radius 1 is 1.05 bits per heavy atom. The number of hydrogen-bond donors (Lipinski definition) is 1. The van der Waals surface area contributed by atoms with Crippen LogP contribution < -0.4 is 0 Å². The van der Waals surface area contributed by atoms with Crippen LogP contribution in [0.15, 0.2) is 36.8 Å². The minimum absolute atomic E-state index is 0.151. The molecule has 1 aliphatic carbocycles. The molecule has 4 heterocycles. The maximum Gasteiger partial charge on any atom is 0.193 e. The van der Waals surface area contributed by atoms with Gasteiger partial charge in [-0.05, 0) is 67.6 Å². The molecule has 0 spiro atoms. The van der Waals surface area contributed by atoms with Gasteiger partial charge in [0.25, 0.3) is 0 Å². The summed E-state index contributed by atoms with van der Waals surface area (Å²) in [5.74, 6) is -0.746. The predicted molar refractivity (Wildman–Crippen MR) is 146 cm³/mol. The lowest BCUT2D eigenvalue weighted by Gasteiger charge is -2.38. The van der Waals surface area contributed by atoms with Crippen molar-refractivity contribution in [2.45, 2.75) is 109 Å². The molecule has 0 amide bonds. The Labute approximate surface area is 225 Å². The number of fused-ring (bicyclic) bond motifs is 3. The van der Waals surface area contributed by atoms with Crippen LogP contribution in [0.4, 0.5) is 0 Å². The molecule has 1 unspecified atom stereocenters. The normalized spacial score (nSPS) is 26.8. The molecule has 1 N–H and O–H groups in total. The van der Waals surface area contributed by atoms with Gasteiger partial charge in [0.1, 0.15) is 30.3 Å². The number of ether oxygens (including phenoxy) is 3. The third-order valence-electron chi connectivity index (χ3n) is 8.91. The highest BCUT2D eigenvalue weighted by molar-refractivity contribution is 6.73. The number of nitrogens with zero attached hydrogens (tertiary/aromatic N) is 3. The first kappa shape index (κ1) is 26.1. The highest BCUT2D eigenvalue weighted by atomic mass is 28.4. The SMILES string of the molecule is CC[Si](CC)(CC)OC(c1ccc2c(c1)CC2)[C@H]1O[C@@H](n2ccc3c(CO)ncnc32)[C@@H]2OC(C)(C)O[C@@H]21. The molecule has 204 valence electrons. The number of aliphatic hydroxyl groups is 1. The molecule has 0 radical (unpaired) electrons. The van der Waals surface area contributed by atoms with Gasteiger partial charge >= 0.3 is 0 Å². The largest absolute Gasteiger partial charge is 0.407 e. The van der Waals surface area contributed by atoms with Crippen LogP contribution in [0, 0.1) is 0 Å². The van der Waals surface area contributed by atoms with Crippen LogP contribution in [0.5, 0.6) is 0 Å². The van der Waals surface area contributed by atoms with Gasteiger partial charge in [-0.1, -0.05) is 39.0 Å². The summed E-state index contributed by atoms with van der Waals surface area (Å²) in [7, 11) is -2.00. The maximum atomic E-state index is 9.81. The third-order valence-corrected chi connectivity index (χ3v) is 13.5. The average molecular weight is 538 g/mol. The van der Waals surface area contributed by atoms with Crippen LogP contribution in [-0.4, -0.2) is 52.1 Å². The number of hydrogen-bond acceptors (Lipinski definition) is 7. The van der Waals surface area contributed by atoms with Crippen molar-refractivity contribution in [3.05, 3.63) is 59.2 Å². The number of aliphatic hydroxyl groups excluding tert-OH is 1. The van der Waals surface area contributed by atoms with Crippen LogP contribution in [0.1, 0.15) is 69.3 Å². The van der Waals surface area contributed by atoms with E-state index < -0.39 is 20.3 Å².